The van der Waals surface area contributed by atoms with E-state index in [0.717, 1.165) is 23.3 Å². The molecular formula is C10H13BrClN3O. The molecule has 1 fully saturated rings. The fraction of sp³-hybridized carbons (Fsp3) is 0.600. The van der Waals surface area contributed by atoms with Crippen LogP contribution in [-0.4, -0.2) is 35.8 Å². The number of hydrogen-bond acceptors (Lipinski definition) is 4. The first-order chi connectivity index (χ1) is 7.61. The van der Waals surface area contributed by atoms with Gasteiger partial charge in [0.1, 0.15) is 17.3 Å². The Hall–Kier alpha value is -0.390. The maximum absolute atomic E-state index is 5.95. The molecule has 0 amide bonds. The summed E-state index contributed by atoms with van der Waals surface area (Å²) < 4.78 is 6.28. The molecule has 2 heterocycles. The number of nitrogens with zero attached hydrogens (tertiary/aromatic N) is 3. The minimum atomic E-state index is 0.214. The van der Waals surface area contributed by atoms with Crippen molar-refractivity contribution < 1.29 is 4.74 Å². The van der Waals surface area contributed by atoms with Crippen LogP contribution >= 0.6 is 27.5 Å². The van der Waals surface area contributed by atoms with E-state index >= 15 is 0 Å². The molecule has 2 atom stereocenters. The summed E-state index contributed by atoms with van der Waals surface area (Å²) in [6.45, 7) is 2.87. The standard InChI is InChI=1S/C10H13BrClN3O/c1-6-7(3-4-16-6)15(2)10-8(11)9(12)13-5-14-10/h5-7H,3-4H2,1-2H3. The Kier molecular flexibility index (Phi) is 3.66. The summed E-state index contributed by atoms with van der Waals surface area (Å²) in [6, 6.07) is 0.335. The van der Waals surface area contributed by atoms with E-state index in [9.17, 15) is 0 Å². The van der Waals surface area contributed by atoms with Crippen LogP contribution in [0.3, 0.4) is 0 Å². The van der Waals surface area contributed by atoms with E-state index in [-0.39, 0.29) is 6.10 Å². The Morgan fingerprint density at radius 1 is 1.56 bits per heavy atom. The van der Waals surface area contributed by atoms with Crippen LogP contribution in [-0.2, 0) is 4.74 Å². The average molecular weight is 307 g/mol. The zero-order valence-electron chi connectivity index (χ0n) is 9.15. The summed E-state index contributed by atoms with van der Waals surface area (Å²) in [6.07, 6.45) is 2.69. The maximum Gasteiger partial charge on any atom is 0.148 e. The molecule has 1 aliphatic rings. The molecular weight excluding hydrogens is 293 g/mol. The van der Waals surface area contributed by atoms with Gasteiger partial charge in [0.15, 0.2) is 0 Å². The number of ether oxygens (including phenoxy) is 1. The van der Waals surface area contributed by atoms with Crippen molar-refractivity contribution in [2.24, 2.45) is 0 Å². The molecule has 0 radical (unpaired) electrons. The van der Waals surface area contributed by atoms with Gasteiger partial charge in [-0.3, -0.25) is 0 Å². The van der Waals surface area contributed by atoms with Gasteiger partial charge in [-0.05, 0) is 29.3 Å². The van der Waals surface area contributed by atoms with E-state index in [4.69, 9.17) is 16.3 Å². The second-order valence-electron chi connectivity index (χ2n) is 3.84. The molecule has 0 bridgehead atoms. The molecule has 16 heavy (non-hydrogen) atoms. The molecule has 0 spiro atoms. The van der Waals surface area contributed by atoms with Crippen molar-refractivity contribution in [3.63, 3.8) is 0 Å². The Morgan fingerprint density at radius 3 is 2.94 bits per heavy atom. The highest BCUT2D eigenvalue weighted by molar-refractivity contribution is 9.10. The van der Waals surface area contributed by atoms with Crippen molar-refractivity contribution in [2.75, 3.05) is 18.6 Å². The van der Waals surface area contributed by atoms with E-state index in [0.29, 0.717) is 11.2 Å². The van der Waals surface area contributed by atoms with Crippen molar-refractivity contribution in [2.45, 2.75) is 25.5 Å². The van der Waals surface area contributed by atoms with Crippen LogP contribution in [0.5, 0.6) is 0 Å². The SMILES string of the molecule is CC1OCCC1N(C)c1ncnc(Cl)c1Br. The number of anilines is 1. The lowest BCUT2D eigenvalue weighted by molar-refractivity contribution is 0.118. The fourth-order valence-corrected chi connectivity index (χ4v) is 2.58. The van der Waals surface area contributed by atoms with Gasteiger partial charge in [0, 0.05) is 13.7 Å². The third-order valence-corrected chi connectivity index (χ3v) is 4.14. The Balaban J connectivity index is 2.26. The van der Waals surface area contributed by atoms with Gasteiger partial charge in [-0.2, -0.15) is 0 Å². The van der Waals surface area contributed by atoms with Gasteiger partial charge in [-0.25, -0.2) is 9.97 Å². The minimum Gasteiger partial charge on any atom is -0.376 e. The molecule has 6 heteroatoms. The summed E-state index contributed by atoms with van der Waals surface area (Å²) in [5.41, 5.74) is 0. The molecule has 0 N–H and O–H groups in total. The van der Waals surface area contributed by atoms with Crippen molar-refractivity contribution in [1.82, 2.24) is 9.97 Å². The smallest absolute Gasteiger partial charge is 0.148 e. The monoisotopic (exact) mass is 305 g/mol. The van der Waals surface area contributed by atoms with E-state index in [2.05, 4.69) is 37.7 Å². The van der Waals surface area contributed by atoms with Crippen molar-refractivity contribution in [1.29, 1.82) is 0 Å². The van der Waals surface area contributed by atoms with Crippen LogP contribution in [0.15, 0.2) is 10.8 Å². The van der Waals surface area contributed by atoms with Gasteiger partial charge in [0.2, 0.25) is 0 Å². The summed E-state index contributed by atoms with van der Waals surface area (Å²) in [7, 11) is 2.00. The van der Waals surface area contributed by atoms with Crippen LogP contribution in [0.25, 0.3) is 0 Å². The predicted molar refractivity (Wildman–Crippen MR) is 67.0 cm³/mol. The van der Waals surface area contributed by atoms with Crippen LogP contribution in [0, 0.1) is 0 Å². The highest BCUT2D eigenvalue weighted by Gasteiger charge is 2.29. The van der Waals surface area contributed by atoms with Crippen molar-refractivity contribution >= 4 is 33.3 Å². The molecule has 0 aliphatic carbocycles. The topological polar surface area (TPSA) is 38.2 Å². The highest BCUT2D eigenvalue weighted by atomic mass is 79.9. The summed E-state index contributed by atoms with van der Waals surface area (Å²) in [5, 5.41) is 0.434. The van der Waals surface area contributed by atoms with Crippen molar-refractivity contribution in [3.05, 3.63) is 16.0 Å². The minimum absolute atomic E-state index is 0.214. The second kappa shape index (κ2) is 4.85. The number of rotatable bonds is 2. The van der Waals surface area contributed by atoms with E-state index < -0.39 is 0 Å². The lowest BCUT2D eigenvalue weighted by Crippen LogP contribution is -2.37. The van der Waals surface area contributed by atoms with E-state index in [1.807, 2.05) is 7.05 Å². The number of aromatic nitrogens is 2. The first-order valence-corrected chi connectivity index (χ1v) is 6.28. The molecule has 1 saturated heterocycles. The van der Waals surface area contributed by atoms with Crippen LogP contribution in [0.2, 0.25) is 5.15 Å². The Morgan fingerprint density at radius 2 is 2.31 bits per heavy atom. The van der Waals surface area contributed by atoms with Crippen molar-refractivity contribution in [3.8, 4) is 0 Å². The van der Waals surface area contributed by atoms with Gasteiger partial charge in [-0.1, -0.05) is 11.6 Å². The zero-order chi connectivity index (χ0) is 11.7. The van der Waals surface area contributed by atoms with E-state index in [1.165, 1.54) is 6.33 Å². The molecule has 88 valence electrons. The molecule has 1 aliphatic heterocycles. The number of likely N-dealkylation sites (N-methyl/N-ethyl adjacent to an activating group) is 1. The first kappa shape index (κ1) is 12.1. The average Bonchev–Trinajstić information content (AvgIpc) is 2.68. The number of hydrogen-bond donors (Lipinski definition) is 0. The summed E-state index contributed by atoms with van der Waals surface area (Å²) in [5.74, 6) is 0.808. The predicted octanol–water partition coefficient (Wildman–Crippen LogP) is 2.51. The Bertz CT molecular complexity index is 390. The molecule has 2 unspecified atom stereocenters. The van der Waals surface area contributed by atoms with Crippen LogP contribution in [0.4, 0.5) is 5.82 Å². The third-order valence-electron chi connectivity index (χ3n) is 2.90. The van der Waals surface area contributed by atoms with Gasteiger partial charge >= 0.3 is 0 Å². The van der Waals surface area contributed by atoms with Gasteiger partial charge < -0.3 is 9.64 Å². The lowest BCUT2D eigenvalue weighted by atomic mass is 10.1. The maximum atomic E-state index is 5.95. The van der Waals surface area contributed by atoms with Crippen LogP contribution in [0.1, 0.15) is 13.3 Å². The van der Waals surface area contributed by atoms with E-state index in [1.54, 1.807) is 0 Å². The number of halogens is 2. The second-order valence-corrected chi connectivity index (χ2v) is 5.00. The van der Waals surface area contributed by atoms with Gasteiger partial charge in [-0.15, -0.1) is 0 Å². The van der Waals surface area contributed by atoms with Gasteiger partial charge in [0.25, 0.3) is 0 Å². The molecule has 0 saturated carbocycles. The fourth-order valence-electron chi connectivity index (χ4n) is 1.97. The first-order valence-electron chi connectivity index (χ1n) is 5.11. The third kappa shape index (κ3) is 2.17. The Labute approximate surface area is 108 Å². The largest absolute Gasteiger partial charge is 0.376 e. The van der Waals surface area contributed by atoms with Crippen LogP contribution < -0.4 is 4.90 Å². The zero-order valence-corrected chi connectivity index (χ0v) is 11.5. The highest BCUT2D eigenvalue weighted by Crippen LogP contribution is 2.31. The molecule has 2 rings (SSSR count). The lowest BCUT2D eigenvalue weighted by Gasteiger charge is -2.28. The quantitative estimate of drug-likeness (QED) is 0.787. The normalized spacial score (nSPS) is 24.8. The summed E-state index contributed by atoms with van der Waals surface area (Å²) >= 11 is 9.35. The molecule has 0 aromatic carbocycles. The molecule has 1 aromatic heterocycles. The molecule has 4 nitrogen and oxygen atoms in total. The molecule has 1 aromatic rings. The summed E-state index contributed by atoms with van der Waals surface area (Å²) in [4.78, 5) is 10.3. The van der Waals surface area contributed by atoms with Gasteiger partial charge in [0.05, 0.1) is 16.6 Å².